The van der Waals surface area contributed by atoms with Crippen LogP contribution in [0.2, 0.25) is 0 Å². The van der Waals surface area contributed by atoms with Crippen LogP contribution in [0.5, 0.6) is 0 Å². The van der Waals surface area contributed by atoms with E-state index in [2.05, 4.69) is 27.9 Å². The van der Waals surface area contributed by atoms with E-state index in [0.29, 0.717) is 0 Å². The highest BCUT2D eigenvalue weighted by Gasteiger charge is 2.13. The quantitative estimate of drug-likeness (QED) is 0.0653. The van der Waals surface area contributed by atoms with Crippen molar-refractivity contribution in [1.82, 2.24) is 0 Å². The summed E-state index contributed by atoms with van der Waals surface area (Å²) in [7, 11) is 4.93. The van der Waals surface area contributed by atoms with Crippen molar-refractivity contribution < 1.29 is 9.96 Å². The molecule has 0 aliphatic carbocycles. The zero-order chi connectivity index (χ0) is 26.4. The van der Waals surface area contributed by atoms with Crippen LogP contribution in [0, 0.1) is 0 Å². The summed E-state index contributed by atoms with van der Waals surface area (Å²) in [4.78, 5) is 0. The van der Waals surface area contributed by atoms with Gasteiger partial charge in [0.15, 0.2) is 0 Å². The third-order valence-electron chi connectivity index (χ3n) is 8.48. The normalized spacial score (nSPS) is 11.7. The molecule has 0 aliphatic heterocycles. The molecule has 0 saturated heterocycles. The molecule has 0 aromatic rings. The van der Waals surface area contributed by atoms with Gasteiger partial charge in [0.25, 0.3) is 0 Å². The molecule has 0 spiro atoms. The first-order chi connectivity index (χ1) is 17.6. The number of quaternary nitrogens is 1. The van der Waals surface area contributed by atoms with E-state index < -0.39 is 0 Å². The zero-order valence-electron chi connectivity index (χ0n) is 26.8. The number of hydrogen-bond donors (Lipinski definition) is 0. The molecule has 0 fully saturated rings. The number of hydrogen-bond acceptors (Lipinski definition) is 1. The first kappa shape index (κ1) is 39.1. The summed E-state index contributed by atoms with van der Waals surface area (Å²) in [5.41, 5.74) is 0. The summed E-state index contributed by atoms with van der Waals surface area (Å²) in [6, 6.07) is 0. The molecular formula is C35H75NO. The Morgan fingerprint density at radius 1 is 0.270 bits per heavy atom. The predicted octanol–water partition coefficient (Wildman–Crippen LogP) is 12.2. The molecule has 226 valence electrons. The highest BCUT2D eigenvalue weighted by molar-refractivity contribution is 4.51. The van der Waals surface area contributed by atoms with Crippen molar-refractivity contribution in [2.45, 2.75) is 200 Å². The molecule has 2 heteroatoms. The maximum Gasteiger partial charge on any atom is 0.0782 e. The van der Waals surface area contributed by atoms with Crippen molar-refractivity contribution in [3.8, 4) is 0 Å². The van der Waals surface area contributed by atoms with Gasteiger partial charge < -0.3 is 9.96 Å². The van der Waals surface area contributed by atoms with E-state index in [0.717, 1.165) is 0 Å². The predicted molar refractivity (Wildman–Crippen MR) is 169 cm³/mol. The molecule has 0 bridgehead atoms. The van der Waals surface area contributed by atoms with E-state index in [1.807, 2.05) is 0 Å². The minimum Gasteiger partial charge on any atom is -0.870 e. The van der Waals surface area contributed by atoms with Crippen molar-refractivity contribution in [2.75, 3.05) is 27.2 Å². The molecule has 0 aromatic heterocycles. The summed E-state index contributed by atoms with van der Waals surface area (Å²) < 4.78 is 1.25. The van der Waals surface area contributed by atoms with Crippen LogP contribution in [-0.4, -0.2) is 37.1 Å². The van der Waals surface area contributed by atoms with Crippen molar-refractivity contribution in [2.24, 2.45) is 0 Å². The Kier molecular flexibility index (Phi) is 33.9. The Bertz CT molecular complexity index is 395. The van der Waals surface area contributed by atoms with Crippen LogP contribution < -0.4 is 0 Å². The van der Waals surface area contributed by atoms with Crippen molar-refractivity contribution in [3.05, 3.63) is 0 Å². The lowest BCUT2D eigenvalue weighted by Gasteiger charge is -2.30. The molecule has 0 radical (unpaired) electrons. The smallest absolute Gasteiger partial charge is 0.0782 e. The molecule has 0 aliphatic rings. The molecule has 0 amide bonds. The first-order valence-electron chi connectivity index (χ1n) is 17.4. The first-order valence-corrected chi connectivity index (χ1v) is 17.4. The Morgan fingerprint density at radius 2 is 0.432 bits per heavy atom. The van der Waals surface area contributed by atoms with E-state index >= 15 is 0 Å². The fourth-order valence-electron chi connectivity index (χ4n) is 5.76. The van der Waals surface area contributed by atoms with Crippen LogP contribution in [0.15, 0.2) is 0 Å². The zero-order valence-corrected chi connectivity index (χ0v) is 26.8. The second-order valence-electron chi connectivity index (χ2n) is 12.9. The second kappa shape index (κ2) is 32.1. The average Bonchev–Trinajstić information content (AvgIpc) is 2.86. The molecule has 0 atom stereocenters. The highest BCUT2D eigenvalue weighted by Crippen LogP contribution is 2.16. The van der Waals surface area contributed by atoms with Crippen LogP contribution in [0.1, 0.15) is 200 Å². The standard InChI is InChI=1S/C35H74N.H2O/c1-5-7-9-11-13-15-17-19-21-23-25-27-29-31-33-35-36(3,4)34-32-30-28-26-24-22-20-18-16-14-12-10-8-6-2;/h5-35H2,1-4H3;1H2/q+1;/p-1. The Balaban J connectivity index is 0. The fraction of sp³-hybridized carbons (Fsp3) is 1.00. The molecule has 0 rings (SSSR count). The SMILES string of the molecule is CCCCCCCCCCCCCCCCC[N+](C)(C)CCCCCCCCCCCCCCCC.[OH-]. The lowest BCUT2D eigenvalue weighted by Crippen LogP contribution is -2.41. The lowest BCUT2D eigenvalue weighted by molar-refractivity contribution is -0.890. The number of rotatable bonds is 31. The minimum atomic E-state index is 0. The summed E-state index contributed by atoms with van der Waals surface area (Å²) >= 11 is 0. The van der Waals surface area contributed by atoms with E-state index in [4.69, 9.17) is 0 Å². The van der Waals surface area contributed by atoms with E-state index in [1.54, 1.807) is 0 Å². The van der Waals surface area contributed by atoms with Crippen molar-refractivity contribution >= 4 is 0 Å². The maximum atomic E-state index is 2.46. The summed E-state index contributed by atoms with van der Waals surface area (Å²) in [5, 5.41) is 0. The van der Waals surface area contributed by atoms with Gasteiger partial charge in [0, 0.05) is 0 Å². The number of nitrogens with zero attached hydrogens (tertiary/aromatic N) is 1. The van der Waals surface area contributed by atoms with E-state index in [9.17, 15) is 0 Å². The molecule has 0 heterocycles. The number of unbranched alkanes of at least 4 members (excludes halogenated alkanes) is 27. The van der Waals surface area contributed by atoms with Crippen LogP contribution in [0.4, 0.5) is 0 Å². The van der Waals surface area contributed by atoms with E-state index in [-0.39, 0.29) is 5.48 Å². The van der Waals surface area contributed by atoms with Gasteiger partial charge in [-0.1, -0.05) is 174 Å². The van der Waals surface area contributed by atoms with Gasteiger partial charge in [0.2, 0.25) is 0 Å². The third kappa shape index (κ3) is 33.9. The minimum absolute atomic E-state index is 0. The molecular weight excluding hydrogens is 450 g/mol. The van der Waals surface area contributed by atoms with Crippen LogP contribution in [-0.2, 0) is 0 Å². The Morgan fingerprint density at radius 3 is 0.622 bits per heavy atom. The van der Waals surface area contributed by atoms with Gasteiger partial charge in [-0.2, -0.15) is 0 Å². The Labute approximate surface area is 237 Å². The van der Waals surface area contributed by atoms with Gasteiger partial charge in [-0.3, -0.25) is 0 Å². The van der Waals surface area contributed by atoms with Crippen molar-refractivity contribution in [3.63, 3.8) is 0 Å². The van der Waals surface area contributed by atoms with Gasteiger partial charge in [-0.05, 0) is 25.7 Å². The summed E-state index contributed by atoms with van der Waals surface area (Å²) in [6.07, 6.45) is 42.4. The largest absolute Gasteiger partial charge is 0.870 e. The van der Waals surface area contributed by atoms with Gasteiger partial charge in [0.1, 0.15) is 0 Å². The van der Waals surface area contributed by atoms with Gasteiger partial charge in [-0.15, -0.1) is 0 Å². The molecule has 2 nitrogen and oxygen atoms in total. The monoisotopic (exact) mass is 526 g/mol. The molecule has 0 aromatic carbocycles. The van der Waals surface area contributed by atoms with Gasteiger partial charge >= 0.3 is 0 Å². The molecule has 37 heavy (non-hydrogen) atoms. The van der Waals surface area contributed by atoms with Crippen molar-refractivity contribution in [1.29, 1.82) is 0 Å². The molecule has 1 N–H and O–H groups in total. The third-order valence-corrected chi connectivity index (χ3v) is 8.48. The topological polar surface area (TPSA) is 30.0 Å². The lowest BCUT2D eigenvalue weighted by atomic mass is 10.0. The van der Waals surface area contributed by atoms with Gasteiger partial charge in [0.05, 0.1) is 27.2 Å². The highest BCUT2D eigenvalue weighted by atomic mass is 16.0. The molecule has 0 unspecified atom stereocenters. The van der Waals surface area contributed by atoms with Gasteiger partial charge in [-0.25, -0.2) is 0 Å². The summed E-state index contributed by atoms with van der Waals surface area (Å²) in [5.74, 6) is 0. The Hall–Kier alpha value is -0.0800. The van der Waals surface area contributed by atoms with Crippen LogP contribution >= 0.6 is 0 Å². The van der Waals surface area contributed by atoms with E-state index in [1.165, 1.54) is 204 Å². The fourth-order valence-corrected chi connectivity index (χ4v) is 5.76. The van der Waals surface area contributed by atoms with Crippen LogP contribution in [0.3, 0.4) is 0 Å². The summed E-state index contributed by atoms with van der Waals surface area (Å²) in [6.45, 7) is 7.39. The maximum absolute atomic E-state index is 2.46. The second-order valence-corrected chi connectivity index (χ2v) is 12.9. The molecule has 0 saturated carbocycles. The van der Waals surface area contributed by atoms with Crippen LogP contribution in [0.25, 0.3) is 0 Å². The average molecular weight is 526 g/mol.